The minimum absolute atomic E-state index is 0.214. The third-order valence-corrected chi connectivity index (χ3v) is 5.63. The number of likely N-dealkylation sites (tertiary alicyclic amines) is 1. The minimum atomic E-state index is -1.08. The quantitative estimate of drug-likeness (QED) is 0.765. The van der Waals surface area contributed by atoms with E-state index in [-0.39, 0.29) is 18.3 Å². The van der Waals surface area contributed by atoms with Gasteiger partial charge in [0.2, 0.25) is 0 Å². The van der Waals surface area contributed by atoms with Gasteiger partial charge in [-0.3, -0.25) is 4.79 Å². The molecule has 134 valence electrons. The maximum atomic E-state index is 13.1. The van der Waals surface area contributed by atoms with E-state index in [9.17, 15) is 24.8 Å². The number of carbonyl (C=O) groups excluding carboxylic acids is 2. The predicted octanol–water partition coefficient (Wildman–Crippen LogP) is 1.38. The van der Waals surface area contributed by atoms with E-state index in [1.807, 2.05) is 6.07 Å². The Bertz CT molecular complexity index is 1080. The Kier molecular flexibility index (Phi) is 2.98. The lowest BCUT2D eigenvalue weighted by molar-refractivity contribution is -0.121. The lowest BCUT2D eigenvalue weighted by Crippen LogP contribution is -2.54. The number of benzene rings is 1. The Morgan fingerprint density at radius 2 is 2.00 bits per heavy atom. The first-order chi connectivity index (χ1) is 13.0. The van der Waals surface area contributed by atoms with Crippen LogP contribution >= 0.6 is 0 Å². The van der Waals surface area contributed by atoms with Crippen molar-refractivity contribution in [3.05, 3.63) is 36.2 Å². The van der Waals surface area contributed by atoms with E-state index in [1.165, 1.54) is 16.0 Å². The Morgan fingerprint density at radius 3 is 2.70 bits per heavy atom. The minimum Gasteiger partial charge on any atom is -0.465 e. The highest BCUT2D eigenvalue weighted by Gasteiger charge is 2.63. The van der Waals surface area contributed by atoms with Gasteiger partial charge < -0.3 is 14.9 Å². The number of pyridine rings is 1. The first-order valence-electron chi connectivity index (χ1n) is 8.46. The third kappa shape index (κ3) is 1.87. The molecule has 0 unspecified atom stereocenters. The van der Waals surface area contributed by atoms with Crippen LogP contribution in [0.1, 0.15) is 12.1 Å². The number of urea groups is 1. The van der Waals surface area contributed by atoms with Crippen LogP contribution in [0, 0.1) is 11.3 Å². The molecule has 27 heavy (non-hydrogen) atoms. The number of carbonyl (C=O) groups is 3. The molecule has 4 heterocycles. The van der Waals surface area contributed by atoms with E-state index in [0.717, 1.165) is 4.90 Å². The smallest absolute Gasteiger partial charge is 0.407 e. The van der Waals surface area contributed by atoms with E-state index in [4.69, 9.17) is 0 Å². The molecule has 0 aliphatic carbocycles. The molecular formula is C18H13N5O4. The molecule has 3 fully saturated rings. The molecule has 3 atom stereocenters. The van der Waals surface area contributed by atoms with Crippen molar-refractivity contribution in [2.45, 2.75) is 24.5 Å². The van der Waals surface area contributed by atoms with Crippen molar-refractivity contribution in [1.82, 2.24) is 14.8 Å². The summed E-state index contributed by atoms with van der Waals surface area (Å²) in [5, 5.41) is 19.7. The number of hydrogen-bond acceptors (Lipinski definition) is 5. The number of rotatable bonds is 1. The van der Waals surface area contributed by atoms with Gasteiger partial charge in [0, 0.05) is 17.3 Å². The zero-order valence-corrected chi connectivity index (χ0v) is 13.9. The number of hydrogen-bond donors (Lipinski definition) is 1. The summed E-state index contributed by atoms with van der Waals surface area (Å²) in [6.07, 6.45) is 0.760. The Balaban J connectivity index is 1.62. The van der Waals surface area contributed by atoms with Gasteiger partial charge in [0.15, 0.2) is 0 Å². The largest absolute Gasteiger partial charge is 0.465 e. The number of aromatic nitrogens is 1. The van der Waals surface area contributed by atoms with Crippen LogP contribution in [-0.4, -0.2) is 62.6 Å². The van der Waals surface area contributed by atoms with Crippen molar-refractivity contribution in [3.8, 4) is 6.07 Å². The number of nitrogens with zero attached hydrogens (tertiary/aromatic N) is 5. The predicted molar refractivity (Wildman–Crippen MR) is 91.9 cm³/mol. The number of anilines is 1. The maximum Gasteiger partial charge on any atom is 0.407 e. The molecule has 0 spiro atoms. The van der Waals surface area contributed by atoms with Crippen LogP contribution in [0.5, 0.6) is 0 Å². The molecule has 2 bridgehead atoms. The molecule has 9 heteroatoms. The van der Waals surface area contributed by atoms with Gasteiger partial charge in [0.1, 0.15) is 17.8 Å². The first kappa shape index (κ1) is 15.6. The molecule has 3 saturated heterocycles. The number of nitriles is 1. The van der Waals surface area contributed by atoms with Gasteiger partial charge >= 0.3 is 12.1 Å². The summed E-state index contributed by atoms with van der Waals surface area (Å²) in [5.74, 6) is -0.449. The lowest BCUT2D eigenvalue weighted by Gasteiger charge is -2.32. The Labute approximate surface area is 153 Å². The van der Waals surface area contributed by atoms with Gasteiger partial charge in [0.05, 0.1) is 24.0 Å². The SMILES string of the molecule is N#Cc1ncc(N2C(=O)[C@H]3[C@@H]4C[C@@H](CN4C(=O)O)N3C2=O)c2ccccc12. The molecule has 9 nitrogen and oxygen atoms in total. The average molecular weight is 363 g/mol. The van der Waals surface area contributed by atoms with Crippen molar-refractivity contribution in [1.29, 1.82) is 5.26 Å². The van der Waals surface area contributed by atoms with Gasteiger partial charge in [-0.15, -0.1) is 0 Å². The zero-order valence-electron chi connectivity index (χ0n) is 13.9. The van der Waals surface area contributed by atoms with Crippen molar-refractivity contribution >= 4 is 34.5 Å². The monoisotopic (exact) mass is 363 g/mol. The van der Waals surface area contributed by atoms with E-state index >= 15 is 0 Å². The van der Waals surface area contributed by atoms with Crippen LogP contribution in [0.25, 0.3) is 10.8 Å². The molecular weight excluding hydrogens is 350 g/mol. The van der Waals surface area contributed by atoms with Crippen LogP contribution < -0.4 is 4.90 Å². The van der Waals surface area contributed by atoms with Crippen LogP contribution in [0.3, 0.4) is 0 Å². The van der Waals surface area contributed by atoms with Crippen LogP contribution in [0.15, 0.2) is 30.5 Å². The fraction of sp³-hybridized carbons (Fsp3) is 0.278. The van der Waals surface area contributed by atoms with Crippen molar-refractivity contribution in [2.75, 3.05) is 11.4 Å². The van der Waals surface area contributed by atoms with E-state index < -0.39 is 30.1 Å². The van der Waals surface area contributed by atoms with E-state index in [0.29, 0.717) is 22.9 Å². The van der Waals surface area contributed by atoms with Gasteiger partial charge in [-0.05, 0) is 6.42 Å². The van der Waals surface area contributed by atoms with Crippen molar-refractivity contribution in [3.63, 3.8) is 0 Å². The number of piperazine rings is 1. The van der Waals surface area contributed by atoms with E-state index in [1.54, 1.807) is 24.3 Å². The summed E-state index contributed by atoms with van der Waals surface area (Å²) >= 11 is 0. The fourth-order valence-corrected chi connectivity index (χ4v) is 4.54. The molecule has 1 N–H and O–H groups in total. The molecule has 2 aromatic rings. The number of imide groups is 1. The number of carboxylic acid groups (broad SMARTS) is 1. The molecule has 1 aromatic carbocycles. The zero-order chi connectivity index (χ0) is 18.9. The van der Waals surface area contributed by atoms with E-state index in [2.05, 4.69) is 4.98 Å². The number of amides is 4. The fourth-order valence-electron chi connectivity index (χ4n) is 4.54. The second-order valence-electron chi connectivity index (χ2n) is 6.85. The molecule has 4 amide bonds. The van der Waals surface area contributed by atoms with Gasteiger partial charge in [0.25, 0.3) is 5.91 Å². The Hall–Kier alpha value is -3.67. The lowest BCUT2D eigenvalue weighted by atomic mass is 10.1. The molecule has 5 rings (SSSR count). The van der Waals surface area contributed by atoms with Crippen LogP contribution in [0.4, 0.5) is 15.3 Å². The summed E-state index contributed by atoms with van der Waals surface area (Å²) in [4.78, 5) is 45.5. The number of fused-ring (bicyclic) bond motifs is 6. The average Bonchev–Trinajstić information content (AvgIpc) is 3.33. The third-order valence-electron chi connectivity index (χ3n) is 5.63. The Morgan fingerprint density at radius 1 is 1.26 bits per heavy atom. The van der Waals surface area contributed by atoms with Gasteiger partial charge in [-0.1, -0.05) is 24.3 Å². The maximum absolute atomic E-state index is 13.1. The van der Waals surface area contributed by atoms with Crippen LogP contribution in [-0.2, 0) is 4.79 Å². The molecule has 0 radical (unpaired) electrons. The molecule has 0 saturated carbocycles. The normalized spacial score (nSPS) is 26.0. The summed E-state index contributed by atoms with van der Waals surface area (Å²) in [6, 6.07) is 6.89. The summed E-state index contributed by atoms with van der Waals surface area (Å²) in [5.41, 5.74) is 0.529. The highest BCUT2D eigenvalue weighted by atomic mass is 16.4. The summed E-state index contributed by atoms with van der Waals surface area (Å²) < 4.78 is 0. The second-order valence-corrected chi connectivity index (χ2v) is 6.85. The van der Waals surface area contributed by atoms with Crippen LogP contribution in [0.2, 0.25) is 0 Å². The molecule has 1 aromatic heterocycles. The first-order valence-corrected chi connectivity index (χ1v) is 8.46. The second kappa shape index (κ2) is 5.17. The van der Waals surface area contributed by atoms with Crippen molar-refractivity contribution < 1.29 is 19.5 Å². The van der Waals surface area contributed by atoms with Crippen molar-refractivity contribution in [2.24, 2.45) is 0 Å². The highest BCUT2D eigenvalue weighted by molar-refractivity contribution is 6.25. The standard InChI is InChI=1S/C18H13N5O4/c19-6-12-10-3-1-2-4-11(10)14(7-20-12)23-16(24)15-13-5-9(22(15)17(23)25)8-21(13)18(26)27/h1-4,7,9,13,15H,5,8H2,(H,26,27)/t9-,13-,15+/m0/s1. The van der Waals surface area contributed by atoms with Gasteiger partial charge in [-0.2, -0.15) is 5.26 Å². The molecule has 3 aliphatic rings. The highest BCUT2D eigenvalue weighted by Crippen LogP contribution is 2.43. The summed E-state index contributed by atoms with van der Waals surface area (Å²) in [6.45, 7) is 0.218. The molecule has 3 aliphatic heterocycles. The topological polar surface area (TPSA) is 118 Å². The summed E-state index contributed by atoms with van der Waals surface area (Å²) in [7, 11) is 0. The van der Waals surface area contributed by atoms with Gasteiger partial charge in [-0.25, -0.2) is 19.5 Å².